The van der Waals surface area contributed by atoms with Gasteiger partial charge in [0.25, 0.3) is 5.91 Å². The van der Waals surface area contributed by atoms with Gasteiger partial charge in [0.1, 0.15) is 28.9 Å². The van der Waals surface area contributed by atoms with Gasteiger partial charge in [-0.05, 0) is 30.3 Å². The smallest absolute Gasteiger partial charge is 0.505 e. The SMILES string of the molecule is N#Cc1nc(C(=O)NCC2(OC(=O)O)CCOCC2)c(O)c2ccc(Oc3ccccc3)cc12. The van der Waals surface area contributed by atoms with Crippen LogP contribution >= 0.6 is 0 Å². The van der Waals surface area contributed by atoms with Crippen LogP contribution in [0.25, 0.3) is 10.8 Å². The molecule has 34 heavy (non-hydrogen) atoms. The van der Waals surface area contributed by atoms with Crippen LogP contribution in [0, 0.1) is 11.3 Å². The van der Waals surface area contributed by atoms with Gasteiger partial charge in [-0.1, -0.05) is 18.2 Å². The maximum atomic E-state index is 12.9. The minimum absolute atomic E-state index is 0.0703. The van der Waals surface area contributed by atoms with E-state index in [4.69, 9.17) is 19.3 Å². The Hall–Kier alpha value is -4.36. The van der Waals surface area contributed by atoms with Crippen molar-refractivity contribution in [2.75, 3.05) is 19.8 Å². The molecule has 0 bridgehead atoms. The van der Waals surface area contributed by atoms with E-state index in [1.54, 1.807) is 24.3 Å². The van der Waals surface area contributed by atoms with E-state index in [0.29, 0.717) is 16.9 Å². The van der Waals surface area contributed by atoms with Crippen LogP contribution in [-0.2, 0) is 9.47 Å². The van der Waals surface area contributed by atoms with E-state index < -0.39 is 23.4 Å². The van der Waals surface area contributed by atoms with Crippen LogP contribution in [0.15, 0.2) is 48.5 Å². The zero-order valence-corrected chi connectivity index (χ0v) is 18.0. The summed E-state index contributed by atoms with van der Waals surface area (Å²) in [5.74, 6) is -0.140. The van der Waals surface area contributed by atoms with Gasteiger partial charge in [-0.15, -0.1) is 0 Å². The van der Waals surface area contributed by atoms with Crippen molar-refractivity contribution in [3.8, 4) is 23.3 Å². The molecule has 0 spiro atoms. The largest absolute Gasteiger partial charge is 0.506 e. The Kier molecular flexibility index (Phi) is 6.47. The fourth-order valence-electron chi connectivity index (χ4n) is 3.78. The van der Waals surface area contributed by atoms with Gasteiger partial charge < -0.3 is 29.7 Å². The molecule has 0 aliphatic carbocycles. The zero-order valence-electron chi connectivity index (χ0n) is 18.0. The highest BCUT2D eigenvalue weighted by Crippen LogP contribution is 2.34. The number of para-hydroxylation sites is 1. The van der Waals surface area contributed by atoms with Gasteiger partial charge in [-0.3, -0.25) is 4.79 Å². The molecule has 3 aromatic rings. The van der Waals surface area contributed by atoms with Crippen LogP contribution in [0.3, 0.4) is 0 Å². The summed E-state index contributed by atoms with van der Waals surface area (Å²) in [6.45, 7) is 0.440. The predicted octanol–water partition coefficient (Wildman–Crippen LogP) is 3.58. The van der Waals surface area contributed by atoms with Gasteiger partial charge in [0.2, 0.25) is 0 Å². The third-order valence-electron chi connectivity index (χ3n) is 5.53. The molecule has 1 aliphatic heterocycles. The Bertz CT molecular complexity index is 1270. The zero-order chi connectivity index (χ0) is 24.1. The molecule has 0 saturated carbocycles. The fourth-order valence-corrected chi connectivity index (χ4v) is 3.78. The second-order valence-corrected chi connectivity index (χ2v) is 7.74. The predicted molar refractivity (Wildman–Crippen MR) is 119 cm³/mol. The van der Waals surface area contributed by atoms with Crippen molar-refractivity contribution in [1.82, 2.24) is 10.3 Å². The normalized spacial score (nSPS) is 14.7. The lowest BCUT2D eigenvalue weighted by Crippen LogP contribution is -2.49. The molecule has 3 N–H and O–H groups in total. The van der Waals surface area contributed by atoms with Crippen LogP contribution in [-0.4, -0.2) is 52.6 Å². The van der Waals surface area contributed by atoms with Gasteiger partial charge >= 0.3 is 6.16 Å². The number of ether oxygens (including phenoxy) is 3. The molecule has 1 saturated heterocycles. The molecule has 1 aromatic heterocycles. The highest BCUT2D eigenvalue weighted by atomic mass is 16.7. The second-order valence-electron chi connectivity index (χ2n) is 7.74. The number of hydrogen-bond acceptors (Lipinski definition) is 8. The van der Waals surface area contributed by atoms with E-state index in [0.717, 1.165) is 0 Å². The van der Waals surface area contributed by atoms with Crippen molar-refractivity contribution in [2.45, 2.75) is 18.4 Å². The highest BCUT2D eigenvalue weighted by Gasteiger charge is 2.37. The summed E-state index contributed by atoms with van der Waals surface area (Å²) in [6.07, 6.45) is -0.919. The summed E-state index contributed by atoms with van der Waals surface area (Å²) < 4.78 is 16.1. The van der Waals surface area contributed by atoms with Crippen molar-refractivity contribution < 1.29 is 34.0 Å². The number of amides is 1. The number of hydrogen-bond donors (Lipinski definition) is 3. The van der Waals surface area contributed by atoms with Crippen molar-refractivity contribution >= 4 is 22.8 Å². The standard InChI is InChI=1S/C24H21N3O7/c25-13-19-18-12-16(33-15-4-2-1-3-5-15)6-7-17(18)21(28)20(27-19)22(29)26-14-24(34-23(30)31)8-10-32-11-9-24/h1-7,12,28H,8-11,14H2,(H,26,29)(H,30,31). The molecule has 10 heteroatoms. The molecule has 1 amide bonds. The van der Waals surface area contributed by atoms with E-state index in [1.807, 2.05) is 24.3 Å². The molecule has 0 radical (unpaired) electrons. The number of rotatable bonds is 6. The molecule has 4 rings (SSSR count). The molecule has 1 aliphatic rings. The maximum absolute atomic E-state index is 12.9. The quantitative estimate of drug-likeness (QED) is 0.466. The van der Waals surface area contributed by atoms with Gasteiger partial charge in [-0.25, -0.2) is 9.78 Å². The number of nitrogens with zero attached hydrogens (tertiary/aromatic N) is 2. The van der Waals surface area contributed by atoms with E-state index >= 15 is 0 Å². The van der Waals surface area contributed by atoms with E-state index in [2.05, 4.69) is 10.3 Å². The van der Waals surface area contributed by atoms with Crippen LogP contribution in [0.2, 0.25) is 0 Å². The number of carbonyl (C=O) groups excluding carboxylic acids is 1. The third kappa shape index (κ3) is 4.84. The monoisotopic (exact) mass is 463 g/mol. The van der Waals surface area contributed by atoms with Crippen molar-refractivity contribution in [3.63, 3.8) is 0 Å². The number of nitriles is 1. The van der Waals surface area contributed by atoms with Crippen molar-refractivity contribution in [1.29, 1.82) is 5.26 Å². The number of benzene rings is 2. The first kappa shape index (κ1) is 22.8. The Morgan fingerprint density at radius 2 is 1.85 bits per heavy atom. The molecule has 0 atom stereocenters. The number of pyridine rings is 1. The first-order valence-corrected chi connectivity index (χ1v) is 10.5. The summed E-state index contributed by atoms with van der Waals surface area (Å²) in [6, 6.07) is 15.7. The molecule has 0 unspecified atom stereocenters. The second kappa shape index (κ2) is 9.64. The van der Waals surface area contributed by atoms with Crippen LogP contribution in [0.5, 0.6) is 17.2 Å². The third-order valence-corrected chi connectivity index (χ3v) is 5.53. The average molecular weight is 463 g/mol. The van der Waals surface area contributed by atoms with Crippen molar-refractivity contribution in [3.05, 3.63) is 59.9 Å². The van der Waals surface area contributed by atoms with E-state index in [-0.39, 0.29) is 49.4 Å². The minimum atomic E-state index is -1.46. The number of aromatic nitrogens is 1. The van der Waals surface area contributed by atoms with Crippen LogP contribution < -0.4 is 10.1 Å². The molecule has 10 nitrogen and oxygen atoms in total. The minimum Gasteiger partial charge on any atom is -0.505 e. The summed E-state index contributed by atoms with van der Waals surface area (Å²) >= 11 is 0. The summed E-state index contributed by atoms with van der Waals surface area (Å²) in [5.41, 5.74) is -1.56. The van der Waals surface area contributed by atoms with E-state index in [1.165, 1.54) is 6.07 Å². The molecule has 2 aromatic carbocycles. The number of aromatic hydroxyl groups is 1. The van der Waals surface area contributed by atoms with E-state index in [9.17, 15) is 20.0 Å². The number of fused-ring (bicyclic) bond motifs is 1. The lowest BCUT2D eigenvalue weighted by atomic mass is 9.94. The average Bonchev–Trinajstić information content (AvgIpc) is 2.84. The van der Waals surface area contributed by atoms with Gasteiger partial charge in [-0.2, -0.15) is 5.26 Å². The lowest BCUT2D eigenvalue weighted by Gasteiger charge is -2.35. The van der Waals surface area contributed by atoms with Crippen LogP contribution in [0.1, 0.15) is 29.0 Å². The van der Waals surface area contributed by atoms with Gasteiger partial charge in [0.15, 0.2) is 11.4 Å². The Morgan fingerprint density at radius 1 is 1.12 bits per heavy atom. The van der Waals surface area contributed by atoms with Gasteiger partial charge in [0.05, 0.1) is 19.8 Å². The summed E-state index contributed by atoms with van der Waals surface area (Å²) in [7, 11) is 0. The summed E-state index contributed by atoms with van der Waals surface area (Å²) in [4.78, 5) is 28.0. The first-order valence-electron chi connectivity index (χ1n) is 10.5. The van der Waals surface area contributed by atoms with Gasteiger partial charge in [0, 0.05) is 23.6 Å². The first-order chi connectivity index (χ1) is 16.4. The summed E-state index contributed by atoms with van der Waals surface area (Å²) in [5, 5.41) is 32.6. The number of carboxylic acid groups (broad SMARTS) is 1. The molecule has 174 valence electrons. The highest BCUT2D eigenvalue weighted by molar-refractivity contribution is 6.03. The molecular weight excluding hydrogens is 442 g/mol. The molecule has 2 heterocycles. The Labute approximate surface area is 194 Å². The Morgan fingerprint density at radius 3 is 2.53 bits per heavy atom. The topological polar surface area (TPSA) is 151 Å². The Balaban J connectivity index is 1.60. The van der Waals surface area contributed by atoms with Crippen LogP contribution in [0.4, 0.5) is 4.79 Å². The number of carbonyl (C=O) groups is 2. The maximum Gasteiger partial charge on any atom is 0.506 e. The fraction of sp³-hybridized carbons (Fsp3) is 0.250. The lowest BCUT2D eigenvalue weighted by molar-refractivity contribution is -0.0825. The number of nitrogens with one attached hydrogen (secondary N) is 1. The molecular formula is C24H21N3O7. The molecule has 1 fully saturated rings. The van der Waals surface area contributed by atoms with Crippen molar-refractivity contribution in [2.24, 2.45) is 0 Å².